The quantitative estimate of drug-likeness (QED) is 0.712. The molecule has 0 spiro atoms. The number of aromatic amines is 1. The average Bonchev–Trinajstić information content (AvgIpc) is 2.49. The van der Waals surface area contributed by atoms with Crippen LogP contribution in [0.25, 0.3) is 22.5 Å². The van der Waals surface area contributed by atoms with Crippen LogP contribution >= 0.6 is 0 Å². The SMILES string of the molecule is Nc1ncc(-c2ccc(=O)[nH]n2)c(-c2cccnc2)n1. The molecule has 0 unspecified atom stereocenters. The van der Waals surface area contributed by atoms with Crippen LogP contribution in [0.4, 0.5) is 5.95 Å². The van der Waals surface area contributed by atoms with E-state index in [0.29, 0.717) is 17.0 Å². The van der Waals surface area contributed by atoms with Gasteiger partial charge in [-0.05, 0) is 18.2 Å². The van der Waals surface area contributed by atoms with Gasteiger partial charge in [0.25, 0.3) is 5.56 Å². The third kappa shape index (κ3) is 2.24. The molecule has 3 heterocycles. The van der Waals surface area contributed by atoms with Crippen molar-refractivity contribution in [1.82, 2.24) is 25.1 Å². The van der Waals surface area contributed by atoms with E-state index in [1.54, 1.807) is 30.7 Å². The summed E-state index contributed by atoms with van der Waals surface area (Å²) in [5, 5.41) is 6.37. The summed E-state index contributed by atoms with van der Waals surface area (Å²) < 4.78 is 0. The molecule has 0 saturated carbocycles. The number of hydrogen-bond donors (Lipinski definition) is 2. The summed E-state index contributed by atoms with van der Waals surface area (Å²) >= 11 is 0. The van der Waals surface area contributed by atoms with E-state index in [1.807, 2.05) is 6.07 Å². The number of rotatable bonds is 2. The molecule has 0 aliphatic carbocycles. The van der Waals surface area contributed by atoms with Gasteiger partial charge in [0.1, 0.15) is 0 Å². The van der Waals surface area contributed by atoms with Gasteiger partial charge in [0.05, 0.1) is 11.4 Å². The van der Waals surface area contributed by atoms with E-state index < -0.39 is 0 Å². The van der Waals surface area contributed by atoms with E-state index in [-0.39, 0.29) is 11.5 Å². The van der Waals surface area contributed by atoms with Crippen molar-refractivity contribution in [3.63, 3.8) is 0 Å². The highest BCUT2D eigenvalue weighted by Crippen LogP contribution is 2.27. The Bertz CT molecular complexity index is 779. The second-order valence-electron chi connectivity index (χ2n) is 4.04. The number of hydrogen-bond acceptors (Lipinski definition) is 6. The number of nitrogens with two attached hydrogens (primary N) is 1. The lowest BCUT2D eigenvalue weighted by atomic mass is 10.1. The van der Waals surface area contributed by atoms with Crippen molar-refractivity contribution in [3.8, 4) is 22.5 Å². The fraction of sp³-hybridized carbons (Fsp3) is 0. The normalized spacial score (nSPS) is 10.4. The summed E-state index contributed by atoms with van der Waals surface area (Å²) in [4.78, 5) is 23.4. The number of aromatic nitrogens is 5. The molecule has 3 N–H and O–H groups in total. The van der Waals surface area contributed by atoms with Gasteiger partial charge in [0, 0.05) is 35.8 Å². The van der Waals surface area contributed by atoms with E-state index in [1.165, 1.54) is 6.07 Å². The molecular formula is C13H10N6O. The van der Waals surface area contributed by atoms with Crippen LogP contribution in [0.2, 0.25) is 0 Å². The fourth-order valence-electron chi connectivity index (χ4n) is 1.80. The highest BCUT2D eigenvalue weighted by Gasteiger charge is 2.12. The Morgan fingerprint density at radius 1 is 1.15 bits per heavy atom. The van der Waals surface area contributed by atoms with Crippen LogP contribution < -0.4 is 11.3 Å². The highest BCUT2D eigenvalue weighted by atomic mass is 16.1. The maximum Gasteiger partial charge on any atom is 0.264 e. The van der Waals surface area contributed by atoms with Gasteiger partial charge in [-0.3, -0.25) is 9.78 Å². The first-order valence-electron chi connectivity index (χ1n) is 5.83. The summed E-state index contributed by atoms with van der Waals surface area (Å²) in [7, 11) is 0. The fourth-order valence-corrected chi connectivity index (χ4v) is 1.80. The number of nitrogens with one attached hydrogen (secondary N) is 1. The minimum Gasteiger partial charge on any atom is -0.368 e. The molecule has 0 amide bonds. The lowest BCUT2D eigenvalue weighted by Crippen LogP contribution is -2.07. The van der Waals surface area contributed by atoms with Gasteiger partial charge in [0.2, 0.25) is 5.95 Å². The van der Waals surface area contributed by atoms with E-state index in [0.717, 1.165) is 5.56 Å². The molecule has 7 nitrogen and oxygen atoms in total. The summed E-state index contributed by atoms with van der Waals surface area (Å²) in [5.41, 5.74) is 8.02. The predicted molar refractivity (Wildman–Crippen MR) is 73.5 cm³/mol. The van der Waals surface area contributed by atoms with Gasteiger partial charge in [-0.25, -0.2) is 15.1 Å². The van der Waals surface area contributed by atoms with Crippen LogP contribution in [0.3, 0.4) is 0 Å². The number of nitrogen functional groups attached to an aromatic ring is 1. The number of anilines is 1. The molecule has 0 aliphatic heterocycles. The second-order valence-corrected chi connectivity index (χ2v) is 4.04. The third-order valence-electron chi connectivity index (χ3n) is 2.70. The number of H-pyrrole nitrogens is 1. The van der Waals surface area contributed by atoms with E-state index >= 15 is 0 Å². The first-order valence-corrected chi connectivity index (χ1v) is 5.83. The molecule has 7 heteroatoms. The molecule has 0 bridgehead atoms. The second kappa shape index (κ2) is 4.88. The molecule has 0 aromatic carbocycles. The van der Waals surface area contributed by atoms with Crippen molar-refractivity contribution in [2.75, 3.05) is 5.73 Å². The molecule has 3 aromatic heterocycles. The molecule has 0 aliphatic rings. The largest absolute Gasteiger partial charge is 0.368 e. The summed E-state index contributed by atoms with van der Waals surface area (Å²) in [6, 6.07) is 6.67. The van der Waals surface area contributed by atoms with Crippen LogP contribution in [-0.4, -0.2) is 25.1 Å². The maximum absolute atomic E-state index is 11.1. The minimum absolute atomic E-state index is 0.164. The van der Waals surface area contributed by atoms with Crippen LogP contribution in [0.5, 0.6) is 0 Å². The van der Waals surface area contributed by atoms with Crippen LogP contribution in [0.15, 0.2) is 47.7 Å². The Morgan fingerprint density at radius 2 is 2.05 bits per heavy atom. The standard InChI is InChI=1S/C13H10N6O/c14-13-16-7-9(10-3-4-11(20)19-18-10)12(17-13)8-2-1-5-15-6-8/h1-7H,(H,19,20)(H2,14,16,17). The molecule has 98 valence electrons. The van der Waals surface area contributed by atoms with Crippen molar-refractivity contribution >= 4 is 5.95 Å². The Morgan fingerprint density at radius 3 is 2.75 bits per heavy atom. The molecule has 20 heavy (non-hydrogen) atoms. The average molecular weight is 266 g/mol. The van der Waals surface area contributed by atoms with Gasteiger partial charge >= 0.3 is 0 Å². The zero-order valence-electron chi connectivity index (χ0n) is 10.3. The minimum atomic E-state index is -0.270. The summed E-state index contributed by atoms with van der Waals surface area (Å²) in [5.74, 6) is 0.164. The molecule has 0 fully saturated rings. The first-order chi connectivity index (χ1) is 9.74. The zero-order chi connectivity index (χ0) is 13.9. The third-order valence-corrected chi connectivity index (χ3v) is 2.70. The summed E-state index contributed by atoms with van der Waals surface area (Å²) in [6.45, 7) is 0. The molecular weight excluding hydrogens is 256 g/mol. The summed E-state index contributed by atoms with van der Waals surface area (Å²) in [6.07, 6.45) is 4.92. The van der Waals surface area contributed by atoms with Crippen molar-refractivity contribution in [1.29, 1.82) is 0 Å². The monoisotopic (exact) mass is 266 g/mol. The Kier molecular flexibility index (Phi) is 2.92. The molecule has 3 rings (SSSR count). The Labute approximate surface area is 113 Å². The van der Waals surface area contributed by atoms with Crippen LogP contribution in [-0.2, 0) is 0 Å². The van der Waals surface area contributed by atoms with Crippen LogP contribution in [0.1, 0.15) is 0 Å². The molecule has 3 aromatic rings. The maximum atomic E-state index is 11.1. The van der Waals surface area contributed by atoms with E-state index in [9.17, 15) is 4.79 Å². The first kappa shape index (κ1) is 12.0. The van der Waals surface area contributed by atoms with E-state index in [4.69, 9.17) is 5.73 Å². The smallest absolute Gasteiger partial charge is 0.264 e. The van der Waals surface area contributed by atoms with Gasteiger partial charge in [-0.2, -0.15) is 5.10 Å². The van der Waals surface area contributed by atoms with Crippen molar-refractivity contribution < 1.29 is 0 Å². The van der Waals surface area contributed by atoms with Gasteiger partial charge in [0.15, 0.2) is 0 Å². The highest BCUT2D eigenvalue weighted by molar-refractivity contribution is 5.78. The van der Waals surface area contributed by atoms with Crippen molar-refractivity contribution in [2.45, 2.75) is 0 Å². The van der Waals surface area contributed by atoms with Gasteiger partial charge in [-0.1, -0.05) is 0 Å². The topological polar surface area (TPSA) is 110 Å². The lowest BCUT2D eigenvalue weighted by molar-refractivity contribution is 0.992. The lowest BCUT2D eigenvalue weighted by Gasteiger charge is -2.07. The molecule has 0 atom stereocenters. The Hall–Kier alpha value is -3.09. The van der Waals surface area contributed by atoms with E-state index in [2.05, 4.69) is 25.1 Å². The van der Waals surface area contributed by atoms with Gasteiger partial charge < -0.3 is 5.73 Å². The number of nitrogens with zero attached hydrogens (tertiary/aromatic N) is 4. The molecule has 0 radical (unpaired) electrons. The van der Waals surface area contributed by atoms with Gasteiger partial charge in [-0.15, -0.1) is 0 Å². The molecule has 0 saturated heterocycles. The van der Waals surface area contributed by atoms with Crippen LogP contribution in [0, 0.1) is 0 Å². The van der Waals surface area contributed by atoms with Crippen molar-refractivity contribution in [3.05, 3.63) is 53.2 Å². The number of pyridine rings is 1. The predicted octanol–water partition coefficient (Wildman–Crippen LogP) is 0.871. The Balaban J connectivity index is 2.21. The van der Waals surface area contributed by atoms with Crippen molar-refractivity contribution in [2.24, 2.45) is 0 Å². The zero-order valence-corrected chi connectivity index (χ0v) is 10.3.